The third-order valence-electron chi connectivity index (χ3n) is 3.83. The van der Waals surface area contributed by atoms with Crippen LogP contribution in [0.3, 0.4) is 0 Å². The van der Waals surface area contributed by atoms with E-state index in [1.165, 1.54) is 19.4 Å². The Kier molecular flexibility index (Phi) is 5.93. The first-order valence-corrected chi connectivity index (χ1v) is 8.67. The van der Waals surface area contributed by atoms with Gasteiger partial charge in [-0.2, -0.15) is 5.10 Å². The Morgan fingerprint density at radius 2 is 2.11 bits per heavy atom. The Balaban J connectivity index is 1.54. The molecule has 3 aromatic rings. The number of nitrogens with zero attached hydrogens (tertiary/aromatic N) is 2. The summed E-state index contributed by atoms with van der Waals surface area (Å²) < 4.78 is 11.9. The molecule has 140 valence electrons. The molecule has 1 aromatic carbocycles. The van der Waals surface area contributed by atoms with Gasteiger partial charge < -0.3 is 14.5 Å². The first-order valence-electron chi connectivity index (χ1n) is 8.30. The lowest BCUT2D eigenvalue weighted by molar-refractivity contribution is -0.129. The van der Waals surface area contributed by atoms with Gasteiger partial charge in [0.2, 0.25) is 0 Å². The molecular weight excluding hydrogens is 370 g/mol. The van der Waals surface area contributed by atoms with E-state index < -0.39 is 18.0 Å². The summed E-state index contributed by atoms with van der Waals surface area (Å²) in [6.45, 7) is 2.15. The minimum Gasteiger partial charge on any atom is -0.467 e. The fraction of sp³-hybridized carbons (Fsp3) is 0.211. The van der Waals surface area contributed by atoms with Crippen molar-refractivity contribution in [3.8, 4) is 0 Å². The second-order valence-corrected chi connectivity index (χ2v) is 6.27. The molecule has 1 atom stereocenters. The van der Waals surface area contributed by atoms with E-state index in [0.717, 1.165) is 5.56 Å². The Morgan fingerprint density at radius 3 is 2.85 bits per heavy atom. The Morgan fingerprint density at radius 1 is 1.30 bits per heavy atom. The molecule has 0 spiro atoms. The van der Waals surface area contributed by atoms with Gasteiger partial charge in [-0.3, -0.25) is 9.48 Å². The third-order valence-corrected chi connectivity index (χ3v) is 4.20. The van der Waals surface area contributed by atoms with Gasteiger partial charge in [-0.05, 0) is 30.7 Å². The van der Waals surface area contributed by atoms with Crippen molar-refractivity contribution in [3.63, 3.8) is 0 Å². The molecule has 1 amide bonds. The Bertz CT molecular complexity index is 921. The predicted molar refractivity (Wildman–Crippen MR) is 98.2 cm³/mol. The second-order valence-electron chi connectivity index (χ2n) is 5.86. The molecule has 0 aliphatic carbocycles. The number of halogens is 1. The summed E-state index contributed by atoms with van der Waals surface area (Å²) in [4.78, 5) is 24.2. The number of furan rings is 1. The molecule has 0 aliphatic rings. The number of benzene rings is 1. The number of carbonyl (C=O) groups excluding carboxylic acids is 2. The van der Waals surface area contributed by atoms with Crippen molar-refractivity contribution in [3.05, 3.63) is 77.0 Å². The predicted octanol–water partition coefficient (Wildman–Crippen LogP) is 3.04. The number of esters is 1. The average molecular weight is 388 g/mol. The normalized spacial score (nSPS) is 11.8. The Labute approximate surface area is 160 Å². The molecule has 0 radical (unpaired) electrons. The van der Waals surface area contributed by atoms with Crippen LogP contribution in [0, 0.1) is 0 Å². The molecule has 1 N–H and O–H groups in total. The molecule has 7 nitrogen and oxygen atoms in total. The minimum absolute atomic E-state index is 0.226. The van der Waals surface area contributed by atoms with Crippen LogP contribution in [0.2, 0.25) is 5.02 Å². The van der Waals surface area contributed by atoms with E-state index in [4.69, 9.17) is 20.8 Å². The molecule has 0 fully saturated rings. The van der Waals surface area contributed by atoms with Crippen LogP contribution in [0.4, 0.5) is 0 Å². The first-order chi connectivity index (χ1) is 13.0. The van der Waals surface area contributed by atoms with Gasteiger partial charge >= 0.3 is 5.97 Å². The van der Waals surface area contributed by atoms with Crippen LogP contribution in [-0.4, -0.2) is 27.8 Å². The third kappa shape index (κ3) is 4.98. The number of hydrogen-bond acceptors (Lipinski definition) is 5. The number of nitrogens with one attached hydrogen (secondary N) is 1. The van der Waals surface area contributed by atoms with Crippen molar-refractivity contribution >= 4 is 23.5 Å². The van der Waals surface area contributed by atoms with Crippen LogP contribution in [-0.2, 0) is 22.6 Å². The number of ether oxygens (including phenoxy) is 1. The van der Waals surface area contributed by atoms with Crippen molar-refractivity contribution < 1.29 is 18.7 Å². The van der Waals surface area contributed by atoms with Gasteiger partial charge in [0, 0.05) is 11.2 Å². The van der Waals surface area contributed by atoms with E-state index in [-0.39, 0.29) is 12.1 Å². The van der Waals surface area contributed by atoms with E-state index >= 15 is 0 Å². The summed E-state index contributed by atoms with van der Waals surface area (Å²) >= 11 is 6.13. The lowest BCUT2D eigenvalue weighted by Crippen LogP contribution is -2.35. The van der Waals surface area contributed by atoms with E-state index in [0.29, 0.717) is 17.3 Å². The molecule has 0 saturated heterocycles. The zero-order chi connectivity index (χ0) is 19.2. The maximum Gasteiger partial charge on any atom is 0.342 e. The summed E-state index contributed by atoms with van der Waals surface area (Å²) in [5, 5.41) is 7.40. The van der Waals surface area contributed by atoms with Gasteiger partial charge in [0.25, 0.3) is 5.91 Å². The van der Waals surface area contributed by atoms with Crippen LogP contribution in [0.25, 0.3) is 0 Å². The van der Waals surface area contributed by atoms with Crippen molar-refractivity contribution in [2.45, 2.75) is 26.1 Å². The summed E-state index contributed by atoms with van der Waals surface area (Å²) in [6.07, 6.45) is 3.52. The van der Waals surface area contributed by atoms with Crippen molar-refractivity contribution in [2.75, 3.05) is 0 Å². The zero-order valence-corrected chi connectivity index (χ0v) is 15.3. The number of rotatable bonds is 7. The molecule has 3 rings (SSSR count). The van der Waals surface area contributed by atoms with Crippen molar-refractivity contribution in [2.24, 2.45) is 0 Å². The molecule has 0 aliphatic heterocycles. The summed E-state index contributed by atoms with van der Waals surface area (Å²) in [5.41, 5.74) is 1.14. The zero-order valence-electron chi connectivity index (χ0n) is 14.6. The van der Waals surface area contributed by atoms with Crippen LogP contribution in [0.15, 0.2) is 59.5 Å². The maximum absolute atomic E-state index is 12.2. The fourth-order valence-corrected chi connectivity index (χ4v) is 2.57. The highest BCUT2D eigenvalue weighted by Crippen LogP contribution is 2.16. The largest absolute Gasteiger partial charge is 0.467 e. The number of aromatic nitrogens is 2. The quantitative estimate of drug-likeness (QED) is 0.630. The van der Waals surface area contributed by atoms with E-state index in [1.54, 1.807) is 29.1 Å². The number of carbonyl (C=O) groups is 2. The van der Waals surface area contributed by atoms with Crippen LogP contribution < -0.4 is 5.32 Å². The number of amides is 1. The maximum atomic E-state index is 12.2. The summed E-state index contributed by atoms with van der Waals surface area (Å²) in [6, 6.07) is 10.9. The van der Waals surface area contributed by atoms with Gasteiger partial charge in [0.05, 0.1) is 31.1 Å². The van der Waals surface area contributed by atoms with E-state index in [9.17, 15) is 9.59 Å². The van der Waals surface area contributed by atoms with Crippen molar-refractivity contribution in [1.82, 2.24) is 15.1 Å². The summed E-state index contributed by atoms with van der Waals surface area (Å²) in [7, 11) is 0. The standard InChI is InChI=1S/C19H18ClN3O4/c1-13(18(24)21-10-16-6-4-8-26-16)27-19(25)15-9-22-23(12-15)11-14-5-2-3-7-17(14)20/h2-9,12-13H,10-11H2,1H3,(H,21,24). The van der Waals surface area contributed by atoms with Crippen LogP contribution >= 0.6 is 11.6 Å². The molecule has 8 heteroatoms. The monoisotopic (exact) mass is 387 g/mol. The highest BCUT2D eigenvalue weighted by atomic mass is 35.5. The molecule has 0 bridgehead atoms. The Hall–Kier alpha value is -3.06. The molecule has 27 heavy (non-hydrogen) atoms. The van der Waals surface area contributed by atoms with Gasteiger partial charge in [-0.15, -0.1) is 0 Å². The van der Waals surface area contributed by atoms with E-state index in [1.807, 2.05) is 18.2 Å². The van der Waals surface area contributed by atoms with Gasteiger partial charge in [-0.1, -0.05) is 29.8 Å². The highest BCUT2D eigenvalue weighted by Gasteiger charge is 2.20. The molecular formula is C19H18ClN3O4. The molecule has 1 unspecified atom stereocenters. The molecule has 0 saturated carbocycles. The topological polar surface area (TPSA) is 86.4 Å². The van der Waals surface area contributed by atoms with Gasteiger partial charge in [0.1, 0.15) is 5.76 Å². The van der Waals surface area contributed by atoms with E-state index in [2.05, 4.69) is 10.4 Å². The number of hydrogen-bond donors (Lipinski definition) is 1. The smallest absolute Gasteiger partial charge is 0.342 e. The van der Waals surface area contributed by atoms with Gasteiger partial charge in [-0.25, -0.2) is 4.79 Å². The minimum atomic E-state index is -0.945. The van der Waals surface area contributed by atoms with Crippen molar-refractivity contribution in [1.29, 1.82) is 0 Å². The first kappa shape index (κ1) is 18.7. The molecule has 2 heterocycles. The molecule has 2 aromatic heterocycles. The highest BCUT2D eigenvalue weighted by molar-refractivity contribution is 6.31. The lowest BCUT2D eigenvalue weighted by Gasteiger charge is -2.12. The second kappa shape index (κ2) is 8.55. The van der Waals surface area contributed by atoms with Crippen LogP contribution in [0.5, 0.6) is 0 Å². The SMILES string of the molecule is CC(OC(=O)c1cnn(Cc2ccccc2Cl)c1)C(=O)NCc1ccco1. The average Bonchev–Trinajstić information content (AvgIpc) is 3.33. The lowest BCUT2D eigenvalue weighted by atomic mass is 10.2. The van der Waals surface area contributed by atoms with Gasteiger partial charge in [0.15, 0.2) is 6.10 Å². The van der Waals surface area contributed by atoms with Crippen LogP contribution in [0.1, 0.15) is 28.6 Å². The fourth-order valence-electron chi connectivity index (χ4n) is 2.37. The summed E-state index contributed by atoms with van der Waals surface area (Å²) in [5.74, 6) is -0.424.